The highest BCUT2D eigenvalue weighted by Crippen LogP contribution is 2.24. The molecule has 116 valence electrons. The molecule has 0 aliphatic heterocycles. The Kier molecular flexibility index (Phi) is 6.54. The number of nitrogens with one attached hydrogen (secondary N) is 2. The first-order valence-corrected chi connectivity index (χ1v) is 8.04. The lowest BCUT2D eigenvalue weighted by atomic mass is 10.1. The van der Waals surface area contributed by atoms with E-state index in [9.17, 15) is 4.79 Å². The molecule has 0 atom stereocenters. The molecule has 1 aromatic carbocycles. The summed E-state index contributed by atoms with van der Waals surface area (Å²) in [5.41, 5.74) is 3.68. The second-order valence-corrected chi connectivity index (χ2v) is 5.54. The van der Waals surface area contributed by atoms with Gasteiger partial charge >= 0.3 is 6.03 Å². The van der Waals surface area contributed by atoms with Crippen LogP contribution in [0.3, 0.4) is 0 Å². The van der Waals surface area contributed by atoms with Gasteiger partial charge in [-0.05, 0) is 55.4 Å². The van der Waals surface area contributed by atoms with E-state index in [1.807, 2.05) is 6.07 Å². The number of hydrogen-bond donors (Lipinski definition) is 2. The van der Waals surface area contributed by atoms with E-state index in [0.29, 0.717) is 13.2 Å². The molecule has 0 bridgehead atoms. The van der Waals surface area contributed by atoms with E-state index in [-0.39, 0.29) is 6.03 Å². The summed E-state index contributed by atoms with van der Waals surface area (Å²) in [6, 6.07) is 6.06. The van der Waals surface area contributed by atoms with Crippen molar-refractivity contribution >= 4 is 11.7 Å². The lowest BCUT2D eigenvalue weighted by Gasteiger charge is -2.09. The molecular formula is C17H26N2O2. The zero-order chi connectivity index (χ0) is 14.9. The molecule has 21 heavy (non-hydrogen) atoms. The summed E-state index contributed by atoms with van der Waals surface area (Å²) in [5, 5.41) is 5.75. The SMILES string of the molecule is CCCCOCCCNC(=O)Nc1ccc2c(c1)CCC2. The van der Waals surface area contributed by atoms with Crippen molar-refractivity contribution in [3.63, 3.8) is 0 Å². The van der Waals surface area contributed by atoms with Gasteiger partial charge in [0.05, 0.1) is 0 Å². The van der Waals surface area contributed by atoms with Crippen LogP contribution in [0.25, 0.3) is 0 Å². The average molecular weight is 290 g/mol. The third-order valence-corrected chi connectivity index (χ3v) is 3.75. The number of fused-ring (bicyclic) bond motifs is 1. The maximum Gasteiger partial charge on any atom is 0.319 e. The Hall–Kier alpha value is -1.55. The molecule has 4 heteroatoms. The minimum Gasteiger partial charge on any atom is -0.381 e. The van der Waals surface area contributed by atoms with E-state index < -0.39 is 0 Å². The fourth-order valence-electron chi connectivity index (χ4n) is 2.55. The molecule has 0 fully saturated rings. The third kappa shape index (κ3) is 5.38. The van der Waals surface area contributed by atoms with Crippen molar-refractivity contribution in [3.8, 4) is 0 Å². The van der Waals surface area contributed by atoms with Crippen LogP contribution in [0, 0.1) is 0 Å². The van der Waals surface area contributed by atoms with Crippen LogP contribution >= 0.6 is 0 Å². The Balaban J connectivity index is 1.61. The zero-order valence-electron chi connectivity index (χ0n) is 12.9. The summed E-state index contributed by atoms with van der Waals surface area (Å²) >= 11 is 0. The van der Waals surface area contributed by atoms with E-state index in [4.69, 9.17) is 4.74 Å². The Bertz CT molecular complexity index is 460. The number of aryl methyl sites for hydroxylation is 2. The molecule has 0 heterocycles. The number of anilines is 1. The van der Waals surface area contributed by atoms with E-state index >= 15 is 0 Å². The first kappa shape index (κ1) is 15.8. The second kappa shape index (κ2) is 8.67. The minimum atomic E-state index is -0.137. The molecule has 1 aliphatic carbocycles. The number of unbranched alkanes of at least 4 members (excludes halogenated alkanes) is 1. The Morgan fingerprint density at radius 1 is 1.19 bits per heavy atom. The quantitative estimate of drug-likeness (QED) is 0.720. The highest BCUT2D eigenvalue weighted by atomic mass is 16.5. The molecule has 0 radical (unpaired) electrons. The monoisotopic (exact) mass is 290 g/mol. The van der Waals surface area contributed by atoms with Crippen molar-refractivity contribution in [3.05, 3.63) is 29.3 Å². The van der Waals surface area contributed by atoms with Gasteiger partial charge < -0.3 is 15.4 Å². The summed E-state index contributed by atoms with van der Waals surface area (Å²) in [5.74, 6) is 0. The lowest BCUT2D eigenvalue weighted by molar-refractivity contribution is 0.129. The summed E-state index contributed by atoms with van der Waals surface area (Å²) in [6.07, 6.45) is 6.62. The molecule has 0 saturated heterocycles. The molecule has 2 rings (SSSR count). The van der Waals surface area contributed by atoms with Gasteiger partial charge in [-0.15, -0.1) is 0 Å². The number of ether oxygens (including phenoxy) is 1. The predicted octanol–water partition coefficient (Wildman–Crippen LogP) is 3.50. The zero-order valence-corrected chi connectivity index (χ0v) is 12.9. The van der Waals surface area contributed by atoms with Crippen molar-refractivity contribution in [1.82, 2.24) is 5.32 Å². The van der Waals surface area contributed by atoms with Crippen molar-refractivity contribution in [2.75, 3.05) is 25.1 Å². The first-order chi connectivity index (χ1) is 10.3. The van der Waals surface area contributed by atoms with Gasteiger partial charge in [0.15, 0.2) is 0 Å². The maximum absolute atomic E-state index is 11.8. The summed E-state index contributed by atoms with van der Waals surface area (Å²) in [4.78, 5) is 11.8. The van der Waals surface area contributed by atoms with Gasteiger partial charge in [-0.3, -0.25) is 0 Å². The largest absolute Gasteiger partial charge is 0.381 e. The molecule has 1 aliphatic rings. The molecule has 0 unspecified atom stereocenters. The van der Waals surface area contributed by atoms with E-state index in [1.165, 1.54) is 24.0 Å². The predicted molar refractivity (Wildman–Crippen MR) is 85.8 cm³/mol. The standard InChI is InChI=1S/C17H26N2O2/c1-2-3-11-21-12-5-10-18-17(20)19-16-9-8-14-6-4-7-15(14)13-16/h8-9,13H,2-7,10-12H2,1H3,(H2,18,19,20). The summed E-state index contributed by atoms with van der Waals surface area (Å²) in [6.45, 7) is 4.31. The van der Waals surface area contributed by atoms with Gasteiger partial charge in [0.2, 0.25) is 0 Å². The highest BCUT2D eigenvalue weighted by Gasteiger charge is 2.11. The van der Waals surface area contributed by atoms with Gasteiger partial charge in [0, 0.05) is 25.4 Å². The van der Waals surface area contributed by atoms with E-state index in [0.717, 1.165) is 38.0 Å². The number of amides is 2. The molecule has 1 aromatic rings. The topological polar surface area (TPSA) is 50.4 Å². The van der Waals surface area contributed by atoms with Crippen LogP contribution in [-0.2, 0) is 17.6 Å². The normalized spacial score (nSPS) is 13.0. The number of urea groups is 1. The smallest absolute Gasteiger partial charge is 0.319 e. The molecule has 2 N–H and O–H groups in total. The second-order valence-electron chi connectivity index (χ2n) is 5.54. The van der Waals surface area contributed by atoms with Crippen LogP contribution in [0.5, 0.6) is 0 Å². The number of hydrogen-bond acceptors (Lipinski definition) is 2. The van der Waals surface area contributed by atoms with Crippen LogP contribution in [-0.4, -0.2) is 25.8 Å². The molecule has 4 nitrogen and oxygen atoms in total. The lowest BCUT2D eigenvalue weighted by Crippen LogP contribution is -2.30. The van der Waals surface area contributed by atoms with Gasteiger partial charge in [-0.1, -0.05) is 19.4 Å². The third-order valence-electron chi connectivity index (χ3n) is 3.75. The molecule has 0 spiro atoms. The van der Waals surface area contributed by atoms with Crippen molar-refractivity contribution < 1.29 is 9.53 Å². The minimum absolute atomic E-state index is 0.137. The van der Waals surface area contributed by atoms with Crippen LogP contribution < -0.4 is 10.6 Å². The molecule has 0 aromatic heterocycles. The fraction of sp³-hybridized carbons (Fsp3) is 0.588. The summed E-state index contributed by atoms with van der Waals surface area (Å²) in [7, 11) is 0. The number of benzene rings is 1. The molecule has 2 amide bonds. The summed E-state index contributed by atoms with van der Waals surface area (Å²) < 4.78 is 5.45. The van der Waals surface area contributed by atoms with Gasteiger partial charge in [0.25, 0.3) is 0 Å². The van der Waals surface area contributed by atoms with Crippen molar-refractivity contribution in [2.24, 2.45) is 0 Å². The highest BCUT2D eigenvalue weighted by molar-refractivity contribution is 5.89. The number of rotatable bonds is 8. The van der Waals surface area contributed by atoms with Crippen molar-refractivity contribution in [1.29, 1.82) is 0 Å². The van der Waals surface area contributed by atoms with Crippen LogP contribution in [0.1, 0.15) is 43.7 Å². The maximum atomic E-state index is 11.8. The Morgan fingerprint density at radius 3 is 2.86 bits per heavy atom. The first-order valence-electron chi connectivity index (χ1n) is 8.04. The van der Waals surface area contributed by atoms with E-state index in [2.05, 4.69) is 29.7 Å². The number of carbonyl (C=O) groups is 1. The van der Waals surface area contributed by atoms with Crippen LogP contribution in [0.15, 0.2) is 18.2 Å². The Labute approximate surface area is 127 Å². The van der Waals surface area contributed by atoms with E-state index in [1.54, 1.807) is 0 Å². The van der Waals surface area contributed by atoms with Crippen LogP contribution in [0.4, 0.5) is 10.5 Å². The molecule has 0 saturated carbocycles. The van der Waals surface area contributed by atoms with Gasteiger partial charge in [-0.2, -0.15) is 0 Å². The van der Waals surface area contributed by atoms with Crippen molar-refractivity contribution in [2.45, 2.75) is 45.4 Å². The Morgan fingerprint density at radius 2 is 2.00 bits per heavy atom. The average Bonchev–Trinajstić information content (AvgIpc) is 2.94. The van der Waals surface area contributed by atoms with Crippen LogP contribution in [0.2, 0.25) is 0 Å². The fourth-order valence-corrected chi connectivity index (χ4v) is 2.55. The molecular weight excluding hydrogens is 264 g/mol. The van der Waals surface area contributed by atoms with Gasteiger partial charge in [-0.25, -0.2) is 4.79 Å². The number of carbonyl (C=O) groups excluding carboxylic acids is 1. The van der Waals surface area contributed by atoms with Gasteiger partial charge in [0.1, 0.15) is 0 Å².